The fraction of sp³-hybridized carbons (Fsp3) is 0.300. The Kier molecular flexibility index (Phi) is 7.61. The zero-order valence-corrected chi connectivity index (χ0v) is 14.7. The van der Waals surface area contributed by atoms with Gasteiger partial charge in [0.2, 0.25) is 5.91 Å². The molecule has 0 aliphatic heterocycles. The molecule has 0 aliphatic rings. The Morgan fingerprint density at radius 3 is 2.42 bits per heavy atom. The molecule has 26 heavy (non-hydrogen) atoms. The van der Waals surface area contributed by atoms with Crippen LogP contribution in [0.1, 0.15) is 30.1 Å². The molecule has 0 saturated heterocycles. The maximum atomic E-state index is 13.4. The first kappa shape index (κ1) is 19.4. The molecule has 0 saturated carbocycles. The Morgan fingerprint density at radius 1 is 1.00 bits per heavy atom. The highest BCUT2D eigenvalue weighted by Crippen LogP contribution is 2.15. The molecule has 2 aromatic rings. The van der Waals surface area contributed by atoms with E-state index in [4.69, 9.17) is 9.47 Å². The van der Waals surface area contributed by atoms with Crippen LogP contribution in [0.4, 0.5) is 4.39 Å². The number of para-hydroxylation sites is 1. The van der Waals surface area contributed by atoms with Crippen molar-refractivity contribution >= 4 is 11.7 Å². The summed E-state index contributed by atoms with van der Waals surface area (Å²) in [5.41, 5.74) is 0.545. The van der Waals surface area contributed by atoms with E-state index in [2.05, 4.69) is 5.32 Å². The van der Waals surface area contributed by atoms with Crippen LogP contribution in [0.15, 0.2) is 48.5 Å². The Bertz CT molecular complexity index is 731. The molecule has 0 heterocycles. The molecular formula is C20H22FNO4. The second kappa shape index (κ2) is 10.2. The number of benzene rings is 2. The SMILES string of the molecule is CCOc1ccc(C(=O)CCC(=O)NCCOc2ccccc2F)cc1. The maximum absolute atomic E-state index is 13.4. The number of amides is 1. The Hall–Kier alpha value is -2.89. The molecule has 0 fully saturated rings. The van der Waals surface area contributed by atoms with Gasteiger partial charge in [-0.05, 0) is 43.3 Å². The number of hydrogen-bond acceptors (Lipinski definition) is 4. The third-order valence-electron chi connectivity index (χ3n) is 3.58. The van der Waals surface area contributed by atoms with Crippen molar-refractivity contribution in [2.24, 2.45) is 0 Å². The molecule has 0 aromatic heterocycles. The minimum atomic E-state index is -0.445. The van der Waals surface area contributed by atoms with Crippen LogP contribution in [-0.4, -0.2) is 31.4 Å². The van der Waals surface area contributed by atoms with E-state index in [1.165, 1.54) is 12.1 Å². The van der Waals surface area contributed by atoms with E-state index in [0.29, 0.717) is 17.9 Å². The van der Waals surface area contributed by atoms with E-state index in [1.807, 2.05) is 6.92 Å². The standard InChI is InChI=1S/C20H22FNO4/c1-2-25-16-9-7-15(8-10-16)18(23)11-12-20(24)22-13-14-26-19-6-4-3-5-17(19)21/h3-10H,2,11-14H2,1H3,(H,22,24). The molecule has 0 aliphatic carbocycles. The van der Waals surface area contributed by atoms with Gasteiger partial charge in [0.15, 0.2) is 17.3 Å². The number of ketones is 1. The van der Waals surface area contributed by atoms with Crippen molar-refractivity contribution in [2.45, 2.75) is 19.8 Å². The molecule has 0 spiro atoms. The van der Waals surface area contributed by atoms with Crippen molar-refractivity contribution < 1.29 is 23.5 Å². The lowest BCUT2D eigenvalue weighted by molar-refractivity contribution is -0.121. The topological polar surface area (TPSA) is 64.6 Å². The third kappa shape index (κ3) is 6.20. The molecule has 0 atom stereocenters. The third-order valence-corrected chi connectivity index (χ3v) is 3.58. The summed E-state index contributed by atoms with van der Waals surface area (Å²) < 4.78 is 23.9. The van der Waals surface area contributed by atoms with Gasteiger partial charge in [0, 0.05) is 18.4 Å². The van der Waals surface area contributed by atoms with Gasteiger partial charge in [-0.1, -0.05) is 12.1 Å². The van der Waals surface area contributed by atoms with Crippen LogP contribution in [0.3, 0.4) is 0 Å². The van der Waals surface area contributed by atoms with Crippen molar-refractivity contribution in [3.63, 3.8) is 0 Å². The van der Waals surface area contributed by atoms with Crippen LogP contribution in [-0.2, 0) is 4.79 Å². The monoisotopic (exact) mass is 359 g/mol. The van der Waals surface area contributed by atoms with Gasteiger partial charge in [-0.3, -0.25) is 9.59 Å². The van der Waals surface area contributed by atoms with E-state index >= 15 is 0 Å². The Morgan fingerprint density at radius 2 is 1.73 bits per heavy atom. The maximum Gasteiger partial charge on any atom is 0.220 e. The van der Waals surface area contributed by atoms with Gasteiger partial charge in [-0.2, -0.15) is 0 Å². The number of rotatable bonds is 10. The first-order chi connectivity index (χ1) is 12.6. The smallest absolute Gasteiger partial charge is 0.220 e. The van der Waals surface area contributed by atoms with Crippen LogP contribution in [0.5, 0.6) is 11.5 Å². The molecule has 2 aromatic carbocycles. The number of carbonyl (C=O) groups is 2. The zero-order valence-electron chi connectivity index (χ0n) is 14.7. The van der Waals surface area contributed by atoms with E-state index in [1.54, 1.807) is 36.4 Å². The second-order valence-corrected chi connectivity index (χ2v) is 5.51. The first-order valence-electron chi connectivity index (χ1n) is 8.50. The second-order valence-electron chi connectivity index (χ2n) is 5.51. The molecule has 5 nitrogen and oxygen atoms in total. The number of carbonyl (C=O) groups excluding carboxylic acids is 2. The summed E-state index contributed by atoms with van der Waals surface area (Å²) >= 11 is 0. The lowest BCUT2D eigenvalue weighted by atomic mass is 10.1. The van der Waals surface area contributed by atoms with Crippen LogP contribution in [0.25, 0.3) is 0 Å². The van der Waals surface area contributed by atoms with Crippen LogP contribution >= 0.6 is 0 Å². The van der Waals surface area contributed by atoms with Gasteiger partial charge in [-0.15, -0.1) is 0 Å². The van der Waals surface area contributed by atoms with Gasteiger partial charge < -0.3 is 14.8 Å². The summed E-state index contributed by atoms with van der Waals surface area (Å²) in [6.45, 7) is 2.84. The van der Waals surface area contributed by atoms with Crippen molar-refractivity contribution in [2.75, 3.05) is 19.8 Å². The van der Waals surface area contributed by atoms with E-state index in [9.17, 15) is 14.0 Å². The molecule has 0 bridgehead atoms. The van der Waals surface area contributed by atoms with Crippen LogP contribution in [0.2, 0.25) is 0 Å². The quantitative estimate of drug-likeness (QED) is 0.522. The molecule has 2 rings (SSSR count). The highest BCUT2D eigenvalue weighted by molar-refractivity contribution is 5.98. The number of nitrogens with one attached hydrogen (secondary N) is 1. The Labute approximate surface area is 152 Å². The zero-order chi connectivity index (χ0) is 18.8. The molecular weight excluding hydrogens is 337 g/mol. The van der Waals surface area contributed by atoms with Crippen molar-refractivity contribution in [1.29, 1.82) is 0 Å². The fourth-order valence-electron chi connectivity index (χ4n) is 2.28. The van der Waals surface area contributed by atoms with Crippen molar-refractivity contribution in [1.82, 2.24) is 5.32 Å². The summed E-state index contributed by atoms with van der Waals surface area (Å²) in [7, 11) is 0. The normalized spacial score (nSPS) is 10.2. The average molecular weight is 359 g/mol. The average Bonchev–Trinajstić information content (AvgIpc) is 2.65. The van der Waals surface area contributed by atoms with Crippen LogP contribution in [0, 0.1) is 5.82 Å². The molecule has 0 unspecified atom stereocenters. The fourth-order valence-corrected chi connectivity index (χ4v) is 2.28. The van der Waals surface area contributed by atoms with Gasteiger partial charge >= 0.3 is 0 Å². The van der Waals surface area contributed by atoms with E-state index in [0.717, 1.165) is 0 Å². The molecule has 0 radical (unpaired) electrons. The van der Waals surface area contributed by atoms with Gasteiger partial charge in [0.1, 0.15) is 12.4 Å². The Balaban J connectivity index is 1.66. The van der Waals surface area contributed by atoms with Gasteiger partial charge in [-0.25, -0.2) is 4.39 Å². The largest absolute Gasteiger partial charge is 0.494 e. The van der Waals surface area contributed by atoms with Gasteiger partial charge in [0.25, 0.3) is 0 Å². The summed E-state index contributed by atoms with van der Waals surface area (Å²) in [5, 5.41) is 2.65. The molecule has 1 N–H and O–H groups in total. The minimum absolute atomic E-state index is 0.0890. The van der Waals surface area contributed by atoms with E-state index < -0.39 is 5.82 Å². The summed E-state index contributed by atoms with van der Waals surface area (Å²) in [5.74, 6) is 0.0519. The number of hydrogen-bond donors (Lipinski definition) is 1. The number of halogens is 1. The minimum Gasteiger partial charge on any atom is -0.494 e. The molecule has 1 amide bonds. The summed E-state index contributed by atoms with van der Waals surface area (Å²) in [4.78, 5) is 23.9. The number of Topliss-reactive ketones (excluding diaryl/α,β-unsaturated/α-hetero) is 1. The predicted molar refractivity (Wildman–Crippen MR) is 96.1 cm³/mol. The van der Waals surface area contributed by atoms with Crippen molar-refractivity contribution in [3.8, 4) is 11.5 Å². The van der Waals surface area contributed by atoms with Crippen molar-refractivity contribution in [3.05, 3.63) is 59.9 Å². The highest BCUT2D eigenvalue weighted by Gasteiger charge is 2.09. The van der Waals surface area contributed by atoms with E-state index in [-0.39, 0.29) is 43.4 Å². The summed E-state index contributed by atoms with van der Waals surface area (Å²) in [6, 6.07) is 12.9. The highest BCUT2D eigenvalue weighted by atomic mass is 19.1. The lowest BCUT2D eigenvalue weighted by Crippen LogP contribution is -2.28. The van der Waals surface area contributed by atoms with Crippen LogP contribution < -0.4 is 14.8 Å². The van der Waals surface area contributed by atoms with Gasteiger partial charge in [0.05, 0.1) is 13.2 Å². The number of ether oxygens (including phenoxy) is 2. The lowest BCUT2D eigenvalue weighted by Gasteiger charge is -2.08. The summed E-state index contributed by atoms with van der Waals surface area (Å²) in [6.07, 6.45) is 0.208. The predicted octanol–water partition coefficient (Wildman–Crippen LogP) is 3.38. The molecule has 138 valence electrons. The first-order valence-corrected chi connectivity index (χ1v) is 8.50. The molecule has 6 heteroatoms.